The molecule has 9 heteroatoms. The highest BCUT2D eigenvalue weighted by Gasteiger charge is 2.53. The van der Waals surface area contributed by atoms with Gasteiger partial charge in [-0.25, -0.2) is 4.39 Å². The number of esters is 2. The lowest BCUT2D eigenvalue weighted by atomic mass is 9.73. The molecule has 26 heavy (non-hydrogen) atoms. The first-order chi connectivity index (χ1) is 12.1. The number of nitro groups is 1. The first kappa shape index (κ1) is 21.5. The molecule has 0 spiro atoms. The Hall–Kier alpha value is -2.58. The number of carbonyl (C=O) groups excluding carboxylic acids is 2. The minimum absolute atomic E-state index is 0.102. The lowest BCUT2D eigenvalue weighted by molar-refractivity contribution is -0.387. The zero-order chi connectivity index (χ0) is 20.1. The summed E-state index contributed by atoms with van der Waals surface area (Å²) >= 11 is 0. The smallest absolute Gasteiger partial charge is 0.328 e. The third kappa shape index (κ3) is 4.14. The summed E-state index contributed by atoms with van der Waals surface area (Å²) in [4.78, 5) is 35.0. The zero-order valence-corrected chi connectivity index (χ0v) is 15.0. The molecule has 1 rings (SSSR count). The summed E-state index contributed by atoms with van der Waals surface area (Å²) in [7, 11) is 0. The predicted octanol–water partition coefficient (Wildman–Crippen LogP) is 3.28. The number of rotatable bonds is 8. The minimum atomic E-state index is -2.26. The molecular weight excluding hydrogens is 352 g/mol. The third-order valence-corrected chi connectivity index (χ3v) is 3.66. The number of benzene rings is 1. The van der Waals surface area contributed by atoms with Crippen LogP contribution in [0.4, 0.5) is 14.5 Å². The molecule has 1 aromatic carbocycles. The summed E-state index contributed by atoms with van der Waals surface area (Å²) in [6, 6.07) is 0.835. The van der Waals surface area contributed by atoms with Crippen molar-refractivity contribution in [1.82, 2.24) is 0 Å². The Morgan fingerprint density at radius 3 is 2.00 bits per heavy atom. The molecule has 0 fully saturated rings. The van der Waals surface area contributed by atoms with Crippen molar-refractivity contribution in [1.29, 1.82) is 0 Å². The van der Waals surface area contributed by atoms with E-state index in [0.717, 1.165) is 0 Å². The Morgan fingerprint density at radius 2 is 1.62 bits per heavy atom. The SMILES string of the molecule is CCOC(=O)C(CC(C)C)(C(=O)OCC)c1cc(F)c([N+](=O)[O-])cc1F. The van der Waals surface area contributed by atoms with Crippen molar-refractivity contribution in [3.63, 3.8) is 0 Å². The molecule has 0 amide bonds. The van der Waals surface area contributed by atoms with E-state index in [4.69, 9.17) is 9.47 Å². The lowest BCUT2D eigenvalue weighted by Gasteiger charge is -2.31. The maximum absolute atomic E-state index is 14.7. The van der Waals surface area contributed by atoms with E-state index in [-0.39, 0.29) is 25.6 Å². The molecule has 7 nitrogen and oxygen atoms in total. The molecule has 0 aliphatic heterocycles. The second-order valence-corrected chi connectivity index (χ2v) is 5.98. The molecule has 0 saturated carbocycles. The molecule has 144 valence electrons. The van der Waals surface area contributed by atoms with Gasteiger partial charge in [-0.2, -0.15) is 4.39 Å². The molecule has 0 N–H and O–H groups in total. The van der Waals surface area contributed by atoms with E-state index in [1.165, 1.54) is 13.8 Å². The highest BCUT2D eigenvalue weighted by molar-refractivity contribution is 6.06. The number of carbonyl (C=O) groups is 2. The van der Waals surface area contributed by atoms with Gasteiger partial charge in [-0.1, -0.05) is 13.8 Å². The van der Waals surface area contributed by atoms with E-state index in [2.05, 4.69) is 0 Å². The lowest BCUT2D eigenvalue weighted by Crippen LogP contribution is -2.48. The molecule has 0 unspecified atom stereocenters. The van der Waals surface area contributed by atoms with Crippen LogP contribution in [0.2, 0.25) is 0 Å². The van der Waals surface area contributed by atoms with Gasteiger partial charge in [0.1, 0.15) is 5.82 Å². The number of hydrogen-bond acceptors (Lipinski definition) is 6. The molecule has 0 atom stereocenters. The molecule has 0 heterocycles. The van der Waals surface area contributed by atoms with Crippen LogP contribution in [0.25, 0.3) is 0 Å². The fraction of sp³-hybridized carbons (Fsp3) is 0.529. The molecule has 1 aromatic rings. The van der Waals surface area contributed by atoms with Crippen LogP contribution in [0.5, 0.6) is 0 Å². The topological polar surface area (TPSA) is 95.7 Å². The van der Waals surface area contributed by atoms with E-state index in [9.17, 15) is 28.5 Å². The van der Waals surface area contributed by atoms with Gasteiger partial charge in [0.2, 0.25) is 5.82 Å². The van der Waals surface area contributed by atoms with E-state index in [0.29, 0.717) is 12.1 Å². The van der Waals surface area contributed by atoms with Crippen molar-refractivity contribution in [3.05, 3.63) is 39.4 Å². The van der Waals surface area contributed by atoms with Gasteiger partial charge in [0.15, 0.2) is 5.41 Å². The summed E-state index contributed by atoms with van der Waals surface area (Å²) < 4.78 is 38.7. The highest BCUT2D eigenvalue weighted by Crippen LogP contribution is 2.38. The fourth-order valence-corrected chi connectivity index (χ4v) is 2.70. The molecule has 0 aliphatic carbocycles. The van der Waals surface area contributed by atoms with Gasteiger partial charge in [0.25, 0.3) is 0 Å². The maximum Gasteiger partial charge on any atom is 0.328 e. The molecular formula is C17H21F2NO6. The summed E-state index contributed by atoms with van der Waals surface area (Å²) in [6.45, 7) is 6.13. The van der Waals surface area contributed by atoms with Crippen molar-refractivity contribution < 1.29 is 32.8 Å². The van der Waals surface area contributed by atoms with Crippen LogP contribution in [0.1, 0.15) is 39.7 Å². The summed E-state index contributed by atoms with van der Waals surface area (Å²) in [5, 5.41) is 10.8. The van der Waals surface area contributed by atoms with E-state index < -0.39 is 45.2 Å². The van der Waals surface area contributed by atoms with Gasteiger partial charge in [-0.05, 0) is 32.3 Å². The van der Waals surface area contributed by atoms with Gasteiger partial charge < -0.3 is 9.47 Å². The van der Waals surface area contributed by atoms with Crippen LogP contribution in [-0.2, 0) is 24.5 Å². The van der Waals surface area contributed by atoms with Crippen LogP contribution in [-0.4, -0.2) is 30.1 Å². The minimum Gasteiger partial charge on any atom is -0.465 e. The standard InChI is InChI=1S/C17H21F2NO6/c1-5-25-15(21)17(9-10(3)4,16(22)26-6-2)11-7-13(19)14(20(23)24)8-12(11)18/h7-8,10H,5-6,9H2,1-4H3. The number of ether oxygens (including phenoxy) is 2. The van der Waals surface area contributed by atoms with Crippen LogP contribution in [0, 0.1) is 27.7 Å². The van der Waals surface area contributed by atoms with Gasteiger partial charge in [-0.15, -0.1) is 0 Å². The Balaban J connectivity index is 3.77. The van der Waals surface area contributed by atoms with Crippen molar-refractivity contribution >= 4 is 17.6 Å². The van der Waals surface area contributed by atoms with E-state index in [1.807, 2.05) is 0 Å². The fourth-order valence-electron chi connectivity index (χ4n) is 2.70. The van der Waals surface area contributed by atoms with Crippen LogP contribution in [0.3, 0.4) is 0 Å². The van der Waals surface area contributed by atoms with Crippen LogP contribution < -0.4 is 0 Å². The van der Waals surface area contributed by atoms with E-state index in [1.54, 1.807) is 13.8 Å². The van der Waals surface area contributed by atoms with Crippen LogP contribution >= 0.6 is 0 Å². The molecule has 0 aromatic heterocycles. The Kier molecular flexibility index (Phi) is 7.17. The summed E-state index contributed by atoms with van der Waals surface area (Å²) in [6.07, 6.45) is -0.223. The van der Waals surface area contributed by atoms with Crippen LogP contribution in [0.15, 0.2) is 12.1 Å². The molecule has 0 aliphatic rings. The summed E-state index contributed by atoms with van der Waals surface area (Å²) in [5.74, 6) is -5.13. The third-order valence-electron chi connectivity index (χ3n) is 3.66. The van der Waals surface area contributed by atoms with E-state index >= 15 is 0 Å². The normalized spacial score (nSPS) is 11.3. The first-order valence-corrected chi connectivity index (χ1v) is 8.10. The average Bonchev–Trinajstić information content (AvgIpc) is 2.54. The van der Waals surface area contributed by atoms with Gasteiger partial charge in [0, 0.05) is 5.56 Å². The Bertz CT molecular complexity index is 687. The largest absolute Gasteiger partial charge is 0.465 e. The molecule has 0 bridgehead atoms. The molecule has 0 radical (unpaired) electrons. The second-order valence-electron chi connectivity index (χ2n) is 5.98. The number of hydrogen-bond donors (Lipinski definition) is 0. The quantitative estimate of drug-likeness (QED) is 0.300. The van der Waals surface area contributed by atoms with Gasteiger partial charge in [0.05, 0.1) is 24.2 Å². The average molecular weight is 373 g/mol. The number of nitro benzene ring substituents is 1. The maximum atomic E-state index is 14.7. The predicted molar refractivity (Wildman–Crippen MR) is 87.4 cm³/mol. The Morgan fingerprint density at radius 1 is 1.12 bits per heavy atom. The first-order valence-electron chi connectivity index (χ1n) is 8.10. The van der Waals surface area contributed by atoms with Gasteiger partial charge >= 0.3 is 17.6 Å². The zero-order valence-electron chi connectivity index (χ0n) is 15.0. The number of nitrogens with zero attached hydrogens (tertiary/aromatic N) is 1. The molecule has 0 saturated heterocycles. The number of halogens is 2. The summed E-state index contributed by atoms with van der Waals surface area (Å²) in [5.41, 5.74) is -4.01. The van der Waals surface area contributed by atoms with Crippen molar-refractivity contribution in [3.8, 4) is 0 Å². The van der Waals surface area contributed by atoms with Crippen molar-refractivity contribution in [2.75, 3.05) is 13.2 Å². The Labute approximate surface area is 149 Å². The van der Waals surface area contributed by atoms with Crippen molar-refractivity contribution in [2.45, 2.75) is 39.5 Å². The van der Waals surface area contributed by atoms with Gasteiger partial charge in [-0.3, -0.25) is 19.7 Å². The van der Waals surface area contributed by atoms with Crippen molar-refractivity contribution in [2.24, 2.45) is 5.92 Å². The second kappa shape index (κ2) is 8.68. The monoisotopic (exact) mass is 373 g/mol. The highest BCUT2D eigenvalue weighted by atomic mass is 19.1.